The molecule has 0 saturated carbocycles. The standard InChI is InChI=1S/C17H28F6N2O2/c18-16(19,20)14-2-6-24(8-12(14)10-26)4-1-5-25-7-3-15(17(21,22)23)13(9-25)11-27/h12-15,26-27H,1-11H2. The maximum atomic E-state index is 12.9. The number of aliphatic hydroxyl groups is 2. The third-order valence-electron chi connectivity index (χ3n) is 5.89. The van der Waals surface area contributed by atoms with Crippen molar-refractivity contribution in [3.63, 3.8) is 0 Å². The Kier molecular flexibility index (Phi) is 7.80. The minimum atomic E-state index is -4.30. The summed E-state index contributed by atoms with van der Waals surface area (Å²) in [6, 6.07) is 0. The predicted octanol–water partition coefficient (Wildman–Crippen LogP) is 2.36. The van der Waals surface area contributed by atoms with Gasteiger partial charge in [-0.1, -0.05) is 0 Å². The van der Waals surface area contributed by atoms with Gasteiger partial charge in [0.05, 0.1) is 11.8 Å². The lowest BCUT2D eigenvalue weighted by Gasteiger charge is -2.40. The minimum absolute atomic E-state index is 0.0434. The zero-order valence-corrected chi connectivity index (χ0v) is 15.1. The van der Waals surface area contributed by atoms with Crippen LogP contribution in [-0.4, -0.2) is 84.8 Å². The topological polar surface area (TPSA) is 46.9 Å². The molecule has 0 aromatic rings. The van der Waals surface area contributed by atoms with Gasteiger partial charge in [0.1, 0.15) is 0 Å². The number of rotatable bonds is 6. The van der Waals surface area contributed by atoms with Crippen molar-refractivity contribution in [2.45, 2.75) is 31.6 Å². The third-order valence-corrected chi connectivity index (χ3v) is 5.89. The van der Waals surface area contributed by atoms with Gasteiger partial charge in [-0.15, -0.1) is 0 Å². The molecule has 0 amide bonds. The van der Waals surface area contributed by atoms with E-state index >= 15 is 0 Å². The summed E-state index contributed by atoms with van der Waals surface area (Å²) in [7, 11) is 0. The number of aliphatic hydroxyl groups excluding tert-OH is 2. The van der Waals surface area contributed by atoms with E-state index in [-0.39, 0.29) is 25.9 Å². The van der Waals surface area contributed by atoms with Gasteiger partial charge in [0.15, 0.2) is 0 Å². The molecular weight excluding hydrogens is 378 g/mol. The lowest BCUT2D eigenvalue weighted by atomic mass is 9.85. The summed E-state index contributed by atoms with van der Waals surface area (Å²) in [4.78, 5) is 3.77. The molecule has 0 aromatic heterocycles. The molecule has 0 radical (unpaired) electrons. The van der Waals surface area contributed by atoms with Gasteiger partial charge in [-0.2, -0.15) is 26.3 Å². The van der Waals surface area contributed by atoms with Crippen LogP contribution in [0, 0.1) is 23.7 Å². The van der Waals surface area contributed by atoms with E-state index in [4.69, 9.17) is 0 Å². The summed E-state index contributed by atoms with van der Waals surface area (Å²) < 4.78 is 77.7. The van der Waals surface area contributed by atoms with Crippen LogP contribution < -0.4 is 0 Å². The molecular formula is C17H28F6N2O2. The maximum Gasteiger partial charge on any atom is 0.392 e. The molecule has 160 valence electrons. The first-order chi connectivity index (χ1) is 12.6. The maximum absolute atomic E-state index is 12.9. The largest absolute Gasteiger partial charge is 0.396 e. The van der Waals surface area contributed by atoms with E-state index in [0.717, 1.165) is 0 Å². The van der Waals surface area contributed by atoms with Crippen LogP contribution in [-0.2, 0) is 0 Å². The number of nitrogens with zero attached hydrogens (tertiary/aromatic N) is 2. The summed E-state index contributed by atoms with van der Waals surface area (Å²) in [5.74, 6) is -4.63. The molecule has 0 aromatic carbocycles. The Morgan fingerprint density at radius 2 is 1.07 bits per heavy atom. The molecule has 4 nitrogen and oxygen atoms in total. The van der Waals surface area contributed by atoms with Gasteiger partial charge in [-0.3, -0.25) is 0 Å². The van der Waals surface area contributed by atoms with Crippen LogP contribution in [0.4, 0.5) is 26.3 Å². The van der Waals surface area contributed by atoms with E-state index in [1.807, 2.05) is 9.80 Å². The van der Waals surface area contributed by atoms with Crippen molar-refractivity contribution >= 4 is 0 Å². The first-order valence-electron chi connectivity index (χ1n) is 9.36. The first kappa shape index (κ1) is 22.7. The normalized spacial score (nSPS) is 32.0. The van der Waals surface area contributed by atoms with Gasteiger partial charge >= 0.3 is 12.4 Å². The molecule has 2 aliphatic rings. The minimum Gasteiger partial charge on any atom is -0.396 e. The van der Waals surface area contributed by atoms with Crippen LogP contribution in [0.15, 0.2) is 0 Å². The lowest BCUT2D eigenvalue weighted by Crippen LogP contribution is -2.49. The molecule has 4 unspecified atom stereocenters. The highest BCUT2D eigenvalue weighted by atomic mass is 19.4. The summed E-state index contributed by atoms with van der Waals surface area (Å²) in [6.07, 6.45) is -8.07. The Morgan fingerprint density at radius 3 is 1.37 bits per heavy atom. The number of hydrogen-bond acceptors (Lipinski definition) is 4. The van der Waals surface area contributed by atoms with Crippen LogP contribution >= 0.6 is 0 Å². The molecule has 0 aliphatic carbocycles. The highest BCUT2D eigenvalue weighted by molar-refractivity contribution is 4.86. The van der Waals surface area contributed by atoms with Crippen LogP contribution in [0.2, 0.25) is 0 Å². The van der Waals surface area contributed by atoms with Crippen molar-refractivity contribution in [2.24, 2.45) is 23.7 Å². The van der Waals surface area contributed by atoms with Crippen LogP contribution in [0.1, 0.15) is 19.3 Å². The van der Waals surface area contributed by atoms with E-state index in [1.54, 1.807) is 0 Å². The van der Waals surface area contributed by atoms with E-state index in [0.29, 0.717) is 32.6 Å². The molecule has 0 spiro atoms. The van der Waals surface area contributed by atoms with Crippen molar-refractivity contribution in [1.29, 1.82) is 0 Å². The highest BCUT2D eigenvalue weighted by Gasteiger charge is 2.47. The zero-order chi connectivity index (χ0) is 20.2. The van der Waals surface area contributed by atoms with Crippen LogP contribution in [0.25, 0.3) is 0 Å². The van der Waals surface area contributed by atoms with E-state index in [2.05, 4.69) is 0 Å². The van der Waals surface area contributed by atoms with Crippen molar-refractivity contribution < 1.29 is 36.6 Å². The average Bonchev–Trinajstić information content (AvgIpc) is 2.59. The molecule has 4 atom stereocenters. The highest BCUT2D eigenvalue weighted by Crippen LogP contribution is 2.39. The Morgan fingerprint density at radius 1 is 0.704 bits per heavy atom. The van der Waals surface area contributed by atoms with Crippen LogP contribution in [0.5, 0.6) is 0 Å². The third kappa shape index (κ3) is 6.20. The monoisotopic (exact) mass is 406 g/mol. The second-order valence-electron chi connectivity index (χ2n) is 7.71. The van der Waals surface area contributed by atoms with Gasteiger partial charge < -0.3 is 20.0 Å². The molecule has 2 rings (SSSR count). The SMILES string of the molecule is OCC1CN(CCCN2CCC(C(F)(F)F)C(CO)C2)CCC1C(F)(F)F. The summed E-state index contributed by atoms with van der Waals surface area (Å²) in [5, 5.41) is 18.5. The van der Waals surface area contributed by atoms with E-state index in [9.17, 15) is 36.6 Å². The van der Waals surface area contributed by atoms with E-state index in [1.165, 1.54) is 0 Å². The Hall–Kier alpha value is -0.580. The van der Waals surface area contributed by atoms with Crippen LogP contribution in [0.3, 0.4) is 0 Å². The molecule has 2 heterocycles. The summed E-state index contributed by atoms with van der Waals surface area (Å²) in [5.41, 5.74) is 0. The Bertz CT molecular complexity index is 420. The van der Waals surface area contributed by atoms with Gasteiger partial charge in [0, 0.05) is 38.1 Å². The van der Waals surface area contributed by atoms with Crippen molar-refractivity contribution in [2.75, 3.05) is 52.5 Å². The van der Waals surface area contributed by atoms with Gasteiger partial charge in [0.25, 0.3) is 0 Å². The van der Waals surface area contributed by atoms with Crippen molar-refractivity contribution in [3.05, 3.63) is 0 Å². The summed E-state index contributed by atoms with van der Waals surface area (Å²) in [6.45, 7) is 1.03. The Labute approximate surface area is 155 Å². The summed E-state index contributed by atoms with van der Waals surface area (Å²) >= 11 is 0. The van der Waals surface area contributed by atoms with Gasteiger partial charge in [0.2, 0.25) is 0 Å². The van der Waals surface area contributed by atoms with Crippen molar-refractivity contribution in [1.82, 2.24) is 9.80 Å². The predicted molar refractivity (Wildman–Crippen MR) is 87.0 cm³/mol. The molecule has 27 heavy (non-hydrogen) atoms. The first-order valence-corrected chi connectivity index (χ1v) is 9.36. The van der Waals surface area contributed by atoms with Gasteiger partial charge in [-0.05, 0) is 45.4 Å². The molecule has 2 fully saturated rings. The number of piperidine rings is 2. The fourth-order valence-electron chi connectivity index (χ4n) is 4.37. The molecule has 2 N–H and O–H groups in total. The quantitative estimate of drug-likeness (QED) is 0.665. The average molecular weight is 406 g/mol. The van der Waals surface area contributed by atoms with Crippen molar-refractivity contribution in [3.8, 4) is 0 Å². The molecule has 2 aliphatic heterocycles. The second kappa shape index (κ2) is 9.28. The zero-order valence-electron chi connectivity index (χ0n) is 15.1. The fourth-order valence-corrected chi connectivity index (χ4v) is 4.37. The molecule has 10 heteroatoms. The smallest absolute Gasteiger partial charge is 0.392 e. The van der Waals surface area contributed by atoms with Gasteiger partial charge in [-0.25, -0.2) is 0 Å². The number of alkyl halides is 6. The Balaban J connectivity index is 1.76. The lowest BCUT2D eigenvalue weighted by molar-refractivity contribution is -0.204. The fraction of sp³-hybridized carbons (Fsp3) is 1.00. The number of halogens is 6. The van der Waals surface area contributed by atoms with E-state index < -0.39 is 49.2 Å². The molecule has 0 bridgehead atoms. The molecule has 2 saturated heterocycles. The number of hydrogen-bond donors (Lipinski definition) is 2. The number of likely N-dealkylation sites (tertiary alicyclic amines) is 2. The second-order valence-corrected chi connectivity index (χ2v) is 7.71.